The third-order valence-corrected chi connectivity index (χ3v) is 4.70. The fourth-order valence-electron chi connectivity index (χ4n) is 3.53. The molecule has 1 N–H and O–H groups in total. The monoisotopic (exact) mass is 275 g/mol. The van der Waals surface area contributed by atoms with Gasteiger partial charge in [-0.05, 0) is 52.4 Å². The molecule has 3 heterocycles. The lowest BCUT2D eigenvalue weighted by molar-refractivity contribution is 0.108. The van der Waals surface area contributed by atoms with Crippen LogP contribution in [0.4, 0.5) is 5.82 Å². The Morgan fingerprint density at radius 3 is 2.70 bits per heavy atom. The summed E-state index contributed by atoms with van der Waals surface area (Å²) >= 11 is 0. The van der Waals surface area contributed by atoms with Crippen molar-refractivity contribution in [3.8, 4) is 0 Å². The highest BCUT2D eigenvalue weighted by Gasteiger charge is 2.34. The van der Waals surface area contributed by atoms with E-state index in [-0.39, 0.29) is 0 Å². The van der Waals surface area contributed by atoms with Crippen LogP contribution in [0.25, 0.3) is 0 Å². The van der Waals surface area contributed by atoms with E-state index in [0.29, 0.717) is 6.04 Å². The van der Waals surface area contributed by atoms with Crippen LogP contribution in [-0.4, -0.2) is 59.5 Å². The molecule has 5 heteroatoms. The van der Waals surface area contributed by atoms with Crippen molar-refractivity contribution < 1.29 is 0 Å². The average molecular weight is 275 g/mol. The zero-order chi connectivity index (χ0) is 13.9. The number of hydrogen-bond acceptors (Lipinski definition) is 5. The molecular formula is C15H25N5. The van der Waals surface area contributed by atoms with Gasteiger partial charge in [-0.15, -0.1) is 0 Å². The van der Waals surface area contributed by atoms with Crippen molar-refractivity contribution in [1.29, 1.82) is 0 Å². The van der Waals surface area contributed by atoms with Gasteiger partial charge in [0.2, 0.25) is 0 Å². The lowest BCUT2D eigenvalue weighted by Crippen LogP contribution is -2.43. The van der Waals surface area contributed by atoms with Crippen LogP contribution >= 0.6 is 0 Å². The Bertz CT molecular complexity index is 442. The number of anilines is 1. The summed E-state index contributed by atoms with van der Waals surface area (Å²) in [4.78, 5) is 14.1. The highest BCUT2D eigenvalue weighted by Crippen LogP contribution is 2.35. The third-order valence-electron chi connectivity index (χ3n) is 4.70. The van der Waals surface area contributed by atoms with Gasteiger partial charge in [-0.25, -0.2) is 4.98 Å². The molecule has 20 heavy (non-hydrogen) atoms. The van der Waals surface area contributed by atoms with E-state index < -0.39 is 0 Å². The van der Waals surface area contributed by atoms with Crippen LogP contribution in [-0.2, 0) is 0 Å². The first-order valence-corrected chi connectivity index (χ1v) is 7.72. The summed E-state index contributed by atoms with van der Waals surface area (Å²) in [5, 5.41) is 3.09. The van der Waals surface area contributed by atoms with E-state index in [0.717, 1.165) is 17.6 Å². The van der Waals surface area contributed by atoms with E-state index >= 15 is 0 Å². The van der Waals surface area contributed by atoms with Crippen molar-refractivity contribution in [2.24, 2.45) is 0 Å². The molecule has 2 fully saturated rings. The van der Waals surface area contributed by atoms with Crippen molar-refractivity contribution in [1.82, 2.24) is 19.8 Å². The molecule has 0 aromatic carbocycles. The van der Waals surface area contributed by atoms with Crippen molar-refractivity contribution in [3.05, 3.63) is 18.1 Å². The molecule has 5 nitrogen and oxygen atoms in total. The second kappa shape index (κ2) is 6.06. The maximum absolute atomic E-state index is 4.71. The topological polar surface area (TPSA) is 44.3 Å². The predicted molar refractivity (Wildman–Crippen MR) is 80.8 cm³/mol. The third kappa shape index (κ3) is 2.79. The summed E-state index contributed by atoms with van der Waals surface area (Å²) in [6, 6.07) is 1.18. The van der Waals surface area contributed by atoms with Crippen LogP contribution in [0.1, 0.15) is 37.4 Å². The van der Waals surface area contributed by atoms with Gasteiger partial charge in [0.25, 0.3) is 0 Å². The van der Waals surface area contributed by atoms with Crippen LogP contribution < -0.4 is 5.32 Å². The number of piperidine rings is 1. The van der Waals surface area contributed by atoms with Crippen LogP contribution in [0.15, 0.2) is 12.4 Å². The molecule has 0 radical (unpaired) electrons. The minimum absolute atomic E-state index is 0.462. The molecule has 0 bridgehead atoms. The van der Waals surface area contributed by atoms with Gasteiger partial charge < -0.3 is 10.2 Å². The molecule has 0 spiro atoms. The van der Waals surface area contributed by atoms with Gasteiger partial charge in [-0.2, -0.15) is 0 Å². The zero-order valence-corrected chi connectivity index (χ0v) is 12.5. The molecule has 1 atom stereocenters. The second-order valence-corrected chi connectivity index (χ2v) is 6.01. The molecule has 110 valence electrons. The minimum atomic E-state index is 0.462. The Labute approximate surface area is 121 Å². The van der Waals surface area contributed by atoms with E-state index in [2.05, 4.69) is 27.1 Å². The highest BCUT2D eigenvalue weighted by atomic mass is 15.2. The average Bonchev–Trinajstić information content (AvgIpc) is 2.97. The van der Waals surface area contributed by atoms with Gasteiger partial charge in [0.1, 0.15) is 5.82 Å². The molecule has 2 aliphatic heterocycles. The summed E-state index contributed by atoms with van der Waals surface area (Å²) < 4.78 is 0. The normalized spacial score (nSPS) is 26.0. The quantitative estimate of drug-likeness (QED) is 0.910. The molecule has 0 aliphatic carbocycles. The summed E-state index contributed by atoms with van der Waals surface area (Å²) in [5.74, 6) is 0.873. The summed E-state index contributed by atoms with van der Waals surface area (Å²) in [6.45, 7) is 3.65. The fourth-order valence-corrected chi connectivity index (χ4v) is 3.53. The smallest absolute Gasteiger partial charge is 0.144 e. The number of hydrogen-bond donors (Lipinski definition) is 1. The van der Waals surface area contributed by atoms with Gasteiger partial charge in [0.05, 0.1) is 24.1 Å². The Balaban J connectivity index is 1.74. The molecular weight excluding hydrogens is 250 g/mol. The maximum atomic E-state index is 4.71. The van der Waals surface area contributed by atoms with Crippen LogP contribution in [0.2, 0.25) is 0 Å². The van der Waals surface area contributed by atoms with Gasteiger partial charge in [0.15, 0.2) is 0 Å². The first kappa shape index (κ1) is 13.8. The van der Waals surface area contributed by atoms with Crippen LogP contribution in [0.3, 0.4) is 0 Å². The number of nitrogens with one attached hydrogen (secondary N) is 1. The molecule has 2 saturated heterocycles. The Morgan fingerprint density at radius 1 is 1.15 bits per heavy atom. The molecule has 3 rings (SSSR count). The van der Waals surface area contributed by atoms with Crippen molar-refractivity contribution in [3.63, 3.8) is 0 Å². The molecule has 2 aliphatic rings. The highest BCUT2D eigenvalue weighted by molar-refractivity contribution is 5.31. The van der Waals surface area contributed by atoms with Crippen molar-refractivity contribution in [2.45, 2.75) is 37.8 Å². The lowest BCUT2D eigenvalue weighted by Gasteiger charge is -2.38. The van der Waals surface area contributed by atoms with E-state index in [4.69, 9.17) is 4.98 Å². The molecule has 0 amide bonds. The molecule has 0 unspecified atom stereocenters. The zero-order valence-electron chi connectivity index (χ0n) is 12.5. The van der Waals surface area contributed by atoms with Gasteiger partial charge in [-0.3, -0.25) is 9.88 Å². The first-order valence-electron chi connectivity index (χ1n) is 7.72. The minimum Gasteiger partial charge on any atom is -0.372 e. The largest absolute Gasteiger partial charge is 0.372 e. The number of rotatable bonds is 3. The second-order valence-electron chi connectivity index (χ2n) is 6.01. The fraction of sp³-hybridized carbons (Fsp3) is 0.733. The van der Waals surface area contributed by atoms with Crippen molar-refractivity contribution in [2.75, 3.05) is 39.0 Å². The number of aromatic nitrogens is 2. The summed E-state index contributed by atoms with van der Waals surface area (Å²) in [7, 11) is 4.12. The van der Waals surface area contributed by atoms with Gasteiger partial charge in [0, 0.05) is 13.1 Å². The van der Waals surface area contributed by atoms with Gasteiger partial charge in [-0.1, -0.05) is 0 Å². The Hall–Kier alpha value is -1.20. The Kier molecular flexibility index (Phi) is 4.17. The maximum Gasteiger partial charge on any atom is 0.144 e. The molecule has 1 aromatic heterocycles. The van der Waals surface area contributed by atoms with E-state index in [1.54, 1.807) is 6.20 Å². The SMILES string of the molecule is CNc1cncc([C@@H]2CCCN2C2CCN(C)CC2)n1. The predicted octanol–water partition coefficient (Wildman–Crippen LogP) is 1.75. The van der Waals surface area contributed by atoms with E-state index in [9.17, 15) is 0 Å². The lowest BCUT2D eigenvalue weighted by atomic mass is 10.0. The number of nitrogens with zero attached hydrogens (tertiary/aromatic N) is 4. The van der Waals surface area contributed by atoms with Crippen LogP contribution in [0, 0.1) is 0 Å². The Morgan fingerprint density at radius 2 is 1.95 bits per heavy atom. The summed E-state index contributed by atoms with van der Waals surface area (Å²) in [6.07, 6.45) is 8.80. The van der Waals surface area contributed by atoms with Crippen molar-refractivity contribution >= 4 is 5.82 Å². The molecule has 1 aromatic rings. The first-order chi connectivity index (χ1) is 9.78. The van der Waals surface area contributed by atoms with E-state index in [1.165, 1.54) is 45.3 Å². The number of likely N-dealkylation sites (tertiary alicyclic amines) is 2. The van der Waals surface area contributed by atoms with Gasteiger partial charge >= 0.3 is 0 Å². The summed E-state index contributed by atoms with van der Waals surface area (Å²) in [5.41, 5.74) is 1.13. The standard InChI is InChI=1S/C15H25N5/c1-16-15-11-17-10-13(18-15)14-4-3-7-20(14)12-5-8-19(2)9-6-12/h10-12,14H,3-9H2,1-2H3,(H,16,18)/t14-/m0/s1. The van der Waals surface area contributed by atoms with E-state index in [1.807, 2.05) is 13.2 Å². The van der Waals surface area contributed by atoms with Crippen LogP contribution in [0.5, 0.6) is 0 Å². The molecule has 0 saturated carbocycles.